The lowest BCUT2D eigenvalue weighted by Gasteiger charge is -2.31. The van der Waals surface area contributed by atoms with Crippen LogP contribution in [0.2, 0.25) is 40.2 Å². The van der Waals surface area contributed by atoms with Crippen molar-refractivity contribution in [3.63, 3.8) is 0 Å². The zero-order chi connectivity index (χ0) is 96.0. The van der Waals surface area contributed by atoms with Gasteiger partial charge in [0, 0.05) is 69.2 Å². The van der Waals surface area contributed by atoms with Gasteiger partial charge in [0.05, 0.1) is 105 Å². The molecule has 0 bridgehead atoms. The van der Waals surface area contributed by atoms with E-state index in [0.29, 0.717) is 107 Å². The topological polar surface area (TPSA) is 304 Å². The van der Waals surface area contributed by atoms with Crippen molar-refractivity contribution in [2.24, 2.45) is 86.2 Å². The molecule has 0 aromatic heterocycles. The molecule has 2 saturated carbocycles. The van der Waals surface area contributed by atoms with Crippen LogP contribution >= 0.6 is 187 Å². The summed E-state index contributed by atoms with van der Waals surface area (Å²) in [5.74, 6) is 6.99. The van der Waals surface area contributed by atoms with Crippen molar-refractivity contribution in [2.45, 2.75) is 110 Å². The molecule has 20 nitrogen and oxygen atoms in total. The van der Waals surface area contributed by atoms with Crippen LogP contribution in [0.5, 0.6) is 11.5 Å². The predicted octanol–water partition coefficient (Wildman–Crippen LogP) is 27.7. The van der Waals surface area contributed by atoms with E-state index < -0.39 is 11.6 Å². The van der Waals surface area contributed by atoms with Gasteiger partial charge in [-0.05, 0) is 252 Å². The zero-order valence-corrected chi connectivity index (χ0v) is 86.4. The normalized spacial score (nSPS) is 15.1. The molecule has 10 aromatic carbocycles. The van der Waals surface area contributed by atoms with Gasteiger partial charge in [-0.2, -0.15) is 0 Å². The molecule has 2 fully saturated rings. The Balaban J connectivity index is 0.000000173. The van der Waals surface area contributed by atoms with E-state index in [0.717, 1.165) is 147 Å². The quantitative estimate of drug-likeness (QED) is 0.0167. The van der Waals surface area contributed by atoms with Gasteiger partial charge in [-0.25, -0.2) is 53.1 Å². The summed E-state index contributed by atoms with van der Waals surface area (Å²) < 4.78 is 51.0. The molecule has 2 heterocycles. The van der Waals surface area contributed by atoms with Crippen LogP contribution < -0.4 is 54.5 Å². The van der Waals surface area contributed by atoms with E-state index >= 15 is 0 Å². The fraction of sp³-hybridized carbons (Fsp3) is 0.292. The smallest absolute Gasteiger partial charge is 0.159 e. The van der Waals surface area contributed by atoms with Crippen molar-refractivity contribution in [3.05, 3.63) is 302 Å². The van der Waals surface area contributed by atoms with Gasteiger partial charge in [0.2, 0.25) is 0 Å². The molecule has 2 aliphatic carbocycles. The Bertz CT molecular complexity index is 5540. The number of benzene rings is 10. The second-order valence-corrected chi connectivity index (χ2v) is 42.1. The summed E-state index contributed by atoms with van der Waals surface area (Å²) in [5, 5.41) is 14.6. The molecule has 14 N–H and O–H groups in total. The molecule has 135 heavy (non-hydrogen) atoms. The summed E-state index contributed by atoms with van der Waals surface area (Å²) in [6.07, 6.45) is 13.8. The molecule has 714 valence electrons. The van der Waals surface area contributed by atoms with Crippen LogP contribution in [0.15, 0.2) is 240 Å². The molecule has 0 radical (unpaired) electrons. The van der Waals surface area contributed by atoms with Gasteiger partial charge in [0.25, 0.3) is 0 Å². The van der Waals surface area contributed by atoms with Crippen molar-refractivity contribution in [1.82, 2.24) is 20.4 Å². The van der Waals surface area contributed by atoms with E-state index in [9.17, 15) is 13.2 Å². The van der Waals surface area contributed by atoms with Crippen LogP contribution in [0.25, 0.3) is 0 Å². The molecule has 2 aliphatic heterocycles. The Kier molecular flexibility index (Phi) is 45.7. The van der Waals surface area contributed by atoms with E-state index in [1.54, 1.807) is 98.4 Å². The third-order valence-corrected chi connectivity index (χ3v) is 30.6. The highest BCUT2D eigenvalue weighted by atomic mass is 35.5. The highest BCUT2D eigenvalue weighted by Gasteiger charge is 2.24. The second kappa shape index (κ2) is 57.2. The minimum Gasteiger partial charge on any atom is -0.497 e. The fourth-order valence-electron chi connectivity index (χ4n) is 13.9. The zero-order valence-electron chi connectivity index (χ0n) is 73.9. The van der Waals surface area contributed by atoms with Crippen LogP contribution in [0, 0.1) is 29.3 Å². The SMILES string of the molecule is COc1ccc(N=C(N)SCc2cc(Cl)c(Cl)cc2CSC(N)=Nc2ccc(OC)cc2)cc1.Fc1ccc(CSC2=NCN(CC3CCCCC3)CN2)c(CSC2=NCN(CC3CCCCC3)CN2)c1.NC(=Nc1ccc(Cl)cc1)SCc1cc(Cl)c(Cl)cc1CSC(N)=Nc1ccc(Cl)cc1.NC(=Nc1ccc(F)c(Cl)c1)SCc1ccccc1CSC(N)=Nc1ccc(F)c(Cl)c1. The summed E-state index contributed by atoms with van der Waals surface area (Å²) in [5.41, 5.74) is 48.8. The standard InChI is InChI=1S/C28H43FN6S2.C24H24Cl2N4O2S2.C22H18Cl4N4S2.C22H18Cl2F2N4S2/c29-26-12-11-24(16-36-27-30-18-34(19-31-27)14-22-7-3-1-4-8-22)25(13-26)17-37-28-32-20-35(21-33-28)15-23-9-5-2-6-10-23;1-31-19-7-3-17(4-8-19)29-23(27)33-13-15-11-21(25)22(26)12-16(15)14-34-24(28)30-18-5-9-20(32-2)10-6-18;23-15-1-5-17(6-2-15)29-21(27)31-11-13-9-19(25)20(26)10-14(13)12-32-22(28)30-18-7-3-16(24)4-8-18;23-17-9-15(5-7-19(17)25)29-21(27)31-11-13-3-1-2-4-14(13)12-32-22(28)30-16-6-8-20(26)18(24)10-16/h11-13,22-23H,1-10,14-21H2,(H,30,31)(H,32,33);3-12H,13-14H2,1-2H3,(H2,27,29)(H2,28,30);2*1-10H,11-12H2,(H2,27,29)(H2,28,30). The minimum atomic E-state index is -0.506. The van der Waals surface area contributed by atoms with E-state index in [4.69, 9.17) is 147 Å². The largest absolute Gasteiger partial charge is 0.497 e. The average Bonchev–Trinajstić information content (AvgIpc) is 0.835. The van der Waals surface area contributed by atoms with Crippen LogP contribution in [0.1, 0.15) is 109 Å². The maximum atomic E-state index is 14.1. The maximum absolute atomic E-state index is 14.1. The second-order valence-electron chi connectivity index (χ2n) is 30.9. The first-order valence-electron chi connectivity index (χ1n) is 42.8. The van der Waals surface area contributed by atoms with E-state index in [1.165, 1.54) is 177 Å². The average molecular weight is 2140 g/mol. The fourth-order valence-corrected chi connectivity index (χ4v) is 21.5. The molecule has 0 spiro atoms. The number of aliphatic imine (C=N–C) groups is 8. The molecule has 4 aliphatic rings. The molecule has 0 unspecified atom stereocenters. The molecular formula is C96H103Cl8F3N18O2S8. The van der Waals surface area contributed by atoms with Gasteiger partial charge in [-0.3, -0.25) is 9.80 Å². The van der Waals surface area contributed by atoms with Gasteiger partial charge in [-0.15, -0.1) is 0 Å². The Morgan fingerprint density at radius 3 is 0.941 bits per heavy atom. The first-order chi connectivity index (χ1) is 65.2. The van der Waals surface area contributed by atoms with E-state index in [-0.39, 0.29) is 15.9 Å². The molecule has 14 rings (SSSR count). The van der Waals surface area contributed by atoms with Gasteiger partial charge < -0.3 is 54.5 Å². The number of halogens is 11. The van der Waals surface area contributed by atoms with Crippen molar-refractivity contribution in [2.75, 3.05) is 54.0 Å². The highest BCUT2D eigenvalue weighted by molar-refractivity contribution is 8.15. The van der Waals surface area contributed by atoms with Gasteiger partial charge in [0.1, 0.15) is 29.0 Å². The first-order valence-corrected chi connectivity index (χ1v) is 53.7. The molecule has 0 amide bonds. The molecule has 10 aromatic rings. The highest BCUT2D eigenvalue weighted by Crippen LogP contribution is 2.37. The molecule has 39 heteroatoms. The summed E-state index contributed by atoms with van der Waals surface area (Å²) in [4.78, 5) is 40.6. The summed E-state index contributed by atoms with van der Waals surface area (Å²) >= 11 is 60.2. The van der Waals surface area contributed by atoms with Crippen molar-refractivity contribution >= 4 is 262 Å². The number of methoxy groups -OCH3 is 2. The molecule has 0 atom stereocenters. The number of hydrogen-bond acceptors (Lipinski definition) is 22. The summed E-state index contributed by atoms with van der Waals surface area (Å²) in [7, 11) is 3.24. The number of thioether (sulfide) groups is 8. The number of hydrogen-bond donors (Lipinski definition) is 8. The summed E-state index contributed by atoms with van der Waals surface area (Å²) in [6.45, 7) is 5.58. The minimum absolute atomic E-state index is 0.00594. The van der Waals surface area contributed by atoms with Crippen LogP contribution in [-0.4, -0.2) is 105 Å². The predicted molar refractivity (Wildman–Crippen MR) is 583 cm³/mol. The number of ether oxygens (including phenoxy) is 2. The number of rotatable bonds is 28. The molecule has 0 saturated heterocycles. The Hall–Kier alpha value is -7.61. The van der Waals surface area contributed by atoms with Crippen LogP contribution in [0.4, 0.5) is 47.3 Å². The Morgan fingerprint density at radius 2 is 0.630 bits per heavy atom. The van der Waals surface area contributed by atoms with Crippen molar-refractivity contribution < 1.29 is 22.6 Å². The lowest BCUT2D eigenvalue weighted by atomic mass is 9.89. The first kappa shape index (κ1) is 108. The Morgan fingerprint density at radius 1 is 0.341 bits per heavy atom. The molecular weight excluding hydrogens is 2030 g/mol. The van der Waals surface area contributed by atoms with Crippen molar-refractivity contribution in [3.8, 4) is 11.5 Å². The third-order valence-electron chi connectivity index (χ3n) is 21.0. The number of nitrogens with zero attached hydrogens (tertiary/aromatic N) is 10. The van der Waals surface area contributed by atoms with Crippen LogP contribution in [0.3, 0.4) is 0 Å². The number of nitrogens with two attached hydrogens (primary N) is 6. The Labute approximate surface area is 861 Å². The van der Waals surface area contributed by atoms with Gasteiger partial charge >= 0.3 is 0 Å². The van der Waals surface area contributed by atoms with E-state index in [2.05, 4.69) is 50.4 Å². The number of nitrogens with one attached hydrogen (secondary N) is 2. The van der Waals surface area contributed by atoms with Gasteiger partial charge in [0.15, 0.2) is 41.3 Å². The maximum Gasteiger partial charge on any atom is 0.159 e. The third kappa shape index (κ3) is 38.2. The number of amidine groups is 8. The van der Waals surface area contributed by atoms with Crippen molar-refractivity contribution in [1.29, 1.82) is 0 Å². The summed E-state index contributed by atoms with van der Waals surface area (Å²) in [6, 6.07) is 57.8. The monoisotopic (exact) mass is 2130 g/mol. The lowest BCUT2D eigenvalue weighted by Crippen LogP contribution is -2.44. The van der Waals surface area contributed by atoms with Crippen LogP contribution in [-0.2, 0) is 46.0 Å². The van der Waals surface area contributed by atoms with Gasteiger partial charge in [-0.1, -0.05) is 256 Å². The van der Waals surface area contributed by atoms with E-state index in [1.807, 2.05) is 103 Å². The lowest BCUT2D eigenvalue weighted by molar-refractivity contribution is 0.196.